The van der Waals surface area contributed by atoms with Crippen LogP contribution in [0.5, 0.6) is 11.5 Å². The third-order valence-corrected chi connectivity index (χ3v) is 3.92. The van der Waals surface area contributed by atoms with Crippen molar-refractivity contribution in [3.63, 3.8) is 0 Å². The molecular formula is C12H11BrClF3O3. The summed E-state index contributed by atoms with van der Waals surface area (Å²) in [6, 6.07) is 4.00. The van der Waals surface area contributed by atoms with Gasteiger partial charge in [0.2, 0.25) is 0 Å². The quantitative estimate of drug-likeness (QED) is 0.741. The van der Waals surface area contributed by atoms with Crippen molar-refractivity contribution >= 4 is 27.5 Å². The lowest BCUT2D eigenvalue weighted by atomic mass is 9.91. The van der Waals surface area contributed by atoms with Gasteiger partial charge in [-0.25, -0.2) is 0 Å². The summed E-state index contributed by atoms with van der Waals surface area (Å²) >= 11 is 8.96. The van der Waals surface area contributed by atoms with E-state index in [1.807, 2.05) is 0 Å². The Morgan fingerprint density at radius 1 is 1.35 bits per heavy atom. The molecule has 3 unspecified atom stereocenters. The minimum absolute atomic E-state index is 0.110. The molecular weight excluding hydrogens is 364 g/mol. The molecule has 1 aliphatic rings. The summed E-state index contributed by atoms with van der Waals surface area (Å²) < 4.78 is 51.2. The van der Waals surface area contributed by atoms with Crippen molar-refractivity contribution in [3.8, 4) is 11.5 Å². The van der Waals surface area contributed by atoms with E-state index >= 15 is 0 Å². The number of ether oxygens (including phenoxy) is 3. The minimum Gasteiger partial charge on any atom is -0.488 e. The maximum absolute atomic E-state index is 12.1. The summed E-state index contributed by atoms with van der Waals surface area (Å²) in [6.45, 7) is 0. The molecule has 1 aromatic carbocycles. The third-order valence-electron chi connectivity index (χ3n) is 2.87. The highest BCUT2D eigenvalue weighted by Crippen LogP contribution is 2.36. The van der Waals surface area contributed by atoms with Crippen LogP contribution in [0.15, 0.2) is 22.7 Å². The first kappa shape index (κ1) is 15.7. The van der Waals surface area contributed by atoms with Gasteiger partial charge in [-0.1, -0.05) is 0 Å². The lowest BCUT2D eigenvalue weighted by molar-refractivity contribution is -0.274. The Labute approximate surface area is 127 Å². The van der Waals surface area contributed by atoms with Crippen molar-refractivity contribution in [1.29, 1.82) is 0 Å². The van der Waals surface area contributed by atoms with Crippen LogP contribution < -0.4 is 9.47 Å². The molecule has 112 valence electrons. The van der Waals surface area contributed by atoms with Gasteiger partial charge < -0.3 is 14.2 Å². The van der Waals surface area contributed by atoms with Crippen LogP contribution >= 0.6 is 27.5 Å². The average Bonchev–Trinajstić information content (AvgIpc) is 2.31. The molecule has 1 aliphatic carbocycles. The van der Waals surface area contributed by atoms with Crippen LogP contribution in [0, 0.1) is 0 Å². The first-order valence-corrected chi connectivity index (χ1v) is 6.92. The monoisotopic (exact) mass is 374 g/mol. The van der Waals surface area contributed by atoms with Crippen molar-refractivity contribution < 1.29 is 27.4 Å². The zero-order valence-electron chi connectivity index (χ0n) is 10.3. The molecule has 0 aromatic heterocycles. The number of hydrogen-bond acceptors (Lipinski definition) is 3. The third kappa shape index (κ3) is 3.71. The highest BCUT2D eigenvalue weighted by Gasteiger charge is 2.42. The Morgan fingerprint density at radius 2 is 2.05 bits per heavy atom. The number of hydrogen-bond donors (Lipinski definition) is 0. The van der Waals surface area contributed by atoms with Crippen molar-refractivity contribution in [2.75, 3.05) is 7.11 Å². The predicted octanol–water partition coefficient (Wildman–Crippen LogP) is 4.12. The first-order valence-electron chi connectivity index (χ1n) is 5.69. The fourth-order valence-electron chi connectivity index (χ4n) is 1.88. The van der Waals surface area contributed by atoms with Gasteiger partial charge in [0.05, 0.1) is 9.85 Å². The lowest BCUT2D eigenvalue weighted by Gasteiger charge is -2.39. The van der Waals surface area contributed by atoms with E-state index in [2.05, 4.69) is 20.7 Å². The molecule has 0 radical (unpaired) electrons. The van der Waals surface area contributed by atoms with E-state index in [0.29, 0.717) is 12.2 Å². The van der Waals surface area contributed by atoms with Gasteiger partial charge in [0.1, 0.15) is 23.7 Å². The van der Waals surface area contributed by atoms with Gasteiger partial charge in [-0.3, -0.25) is 0 Å². The van der Waals surface area contributed by atoms with Crippen LogP contribution in [-0.2, 0) is 4.74 Å². The lowest BCUT2D eigenvalue weighted by Crippen LogP contribution is -2.52. The molecule has 1 saturated carbocycles. The van der Waals surface area contributed by atoms with Gasteiger partial charge in [0.25, 0.3) is 0 Å². The summed E-state index contributed by atoms with van der Waals surface area (Å²) in [5.74, 6) is 0.0963. The summed E-state index contributed by atoms with van der Waals surface area (Å²) in [7, 11) is 1.53. The molecule has 1 fully saturated rings. The van der Waals surface area contributed by atoms with Gasteiger partial charge in [-0.15, -0.1) is 24.8 Å². The largest absolute Gasteiger partial charge is 0.573 e. The van der Waals surface area contributed by atoms with Crippen LogP contribution in [-0.4, -0.2) is 31.1 Å². The molecule has 1 aromatic rings. The Balaban J connectivity index is 2.03. The van der Waals surface area contributed by atoms with Crippen LogP contribution in [0.1, 0.15) is 6.42 Å². The van der Waals surface area contributed by atoms with E-state index < -0.39 is 6.36 Å². The standard InChI is InChI=1S/C12H11BrClF3O3/c1-18-11-8(14)5-10(11)19-6-2-3-9(7(13)4-6)20-12(15,16)17/h2-4,8,10-11H,5H2,1H3. The molecule has 0 spiro atoms. The number of alkyl halides is 4. The Hall–Kier alpha value is -0.660. The minimum atomic E-state index is -4.73. The van der Waals surface area contributed by atoms with E-state index in [1.165, 1.54) is 25.3 Å². The molecule has 3 atom stereocenters. The number of rotatable bonds is 4. The highest BCUT2D eigenvalue weighted by molar-refractivity contribution is 9.10. The van der Waals surface area contributed by atoms with Crippen molar-refractivity contribution in [2.24, 2.45) is 0 Å². The summed E-state index contributed by atoms with van der Waals surface area (Å²) in [4.78, 5) is 0. The highest BCUT2D eigenvalue weighted by atomic mass is 79.9. The SMILES string of the molecule is COC1C(Cl)CC1Oc1ccc(OC(F)(F)F)c(Br)c1. The maximum Gasteiger partial charge on any atom is 0.573 e. The fourth-order valence-corrected chi connectivity index (χ4v) is 2.76. The van der Waals surface area contributed by atoms with E-state index in [1.54, 1.807) is 0 Å². The zero-order chi connectivity index (χ0) is 14.9. The maximum atomic E-state index is 12.1. The van der Waals surface area contributed by atoms with Gasteiger partial charge in [-0.05, 0) is 34.1 Å². The zero-order valence-corrected chi connectivity index (χ0v) is 12.6. The van der Waals surface area contributed by atoms with Crippen LogP contribution in [0.3, 0.4) is 0 Å². The molecule has 0 saturated heterocycles. The number of methoxy groups -OCH3 is 1. The Kier molecular flexibility index (Phi) is 4.71. The molecule has 2 rings (SSSR count). The van der Waals surface area contributed by atoms with Crippen LogP contribution in [0.4, 0.5) is 13.2 Å². The van der Waals surface area contributed by atoms with Crippen molar-refractivity contribution in [3.05, 3.63) is 22.7 Å². The second-order valence-electron chi connectivity index (χ2n) is 4.25. The van der Waals surface area contributed by atoms with E-state index in [0.717, 1.165) is 0 Å². The smallest absolute Gasteiger partial charge is 0.488 e. The van der Waals surface area contributed by atoms with E-state index in [-0.39, 0.29) is 27.8 Å². The molecule has 8 heteroatoms. The van der Waals surface area contributed by atoms with E-state index in [4.69, 9.17) is 21.1 Å². The summed E-state index contributed by atoms with van der Waals surface area (Å²) in [6.07, 6.45) is -4.53. The molecule has 20 heavy (non-hydrogen) atoms. The van der Waals surface area contributed by atoms with Gasteiger partial charge >= 0.3 is 6.36 Å². The van der Waals surface area contributed by atoms with Crippen molar-refractivity contribution in [2.45, 2.75) is 30.4 Å². The Morgan fingerprint density at radius 3 is 2.55 bits per heavy atom. The molecule has 0 bridgehead atoms. The predicted molar refractivity (Wildman–Crippen MR) is 70.3 cm³/mol. The van der Waals surface area contributed by atoms with Crippen LogP contribution in [0.25, 0.3) is 0 Å². The van der Waals surface area contributed by atoms with E-state index in [9.17, 15) is 13.2 Å². The topological polar surface area (TPSA) is 27.7 Å². The molecule has 0 amide bonds. The average molecular weight is 376 g/mol. The van der Waals surface area contributed by atoms with Gasteiger partial charge in [0.15, 0.2) is 0 Å². The summed E-state index contributed by atoms with van der Waals surface area (Å²) in [5, 5.41) is -0.110. The number of halogens is 5. The molecule has 3 nitrogen and oxygen atoms in total. The van der Waals surface area contributed by atoms with Gasteiger partial charge in [0, 0.05) is 13.5 Å². The second kappa shape index (κ2) is 5.99. The van der Waals surface area contributed by atoms with Crippen LogP contribution in [0.2, 0.25) is 0 Å². The van der Waals surface area contributed by atoms with Gasteiger partial charge in [-0.2, -0.15) is 0 Å². The van der Waals surface area contributed by atoms with Crippen molar-refractivity contribution in [1.82, 2.24) is 0 Å². The fraction of sp³-hybridized carbons (Fsp3) is 0.500. The molecule has 0 heterocycles. The normalized spacial score (nSPS) is 26.0. The first-order chi connectivity index (χ1) is 9.30. The summed E-state index contributed by atoms with van der Waals surface area (Å²) in [5.41, 5.74) is 0. The second-order valence-corrected chi connectivity index (χ2v) is 5.66. The Bertz CT molecular complexity index is 484. The molecule has 0 N–H and O–H groups in total. The molecule has 0 aliphatic heterocycles. The number of benzene rings is 1.